The molecule has 0 saturated heterocycles. The van der Waals surface area contributed by atoms with Crippen LogP contribution in [-0.4, -0.2) is 29.9 Å². The molecule has 10 heteroatoms. The van der Waals surface area contributed by atoms with Gasteiger partial charge in [0, 0.05) is 6.92 Å². The van der Waals surface area contributed by atoms with Crippen molar-refractivity contribution in [1.29, 1.82) is 0 Å². The number of hydrogen-bond acceptors (Lipinski definition) is 9. The summed E-state index contributed by atoms with van der Waals surface area (Å²) < 4.78 is 23.2. The van der Waals surface area contributed by atoms with Gasteiger partial charge in [0.25, 0.3) is 5.56 Å². The molecule has 5 rings (SSSR count). The number of nitrogens with zero attached hydrogens (tertiary/aromatic N) is 2. The third-order valence-electron chi connectivity index (χ3n) is 5.67. The Morgan fingerprint density at radius 3 is 2.64 bits per heavy atom. The quantitative estimate of drug-likeness (QED) is 0.387. The highest BCUT2D eigenvalue weighted by molar-refractivity contribution is 7.07. The molecular formula is C26H22N2O7S. The molecular weight excluding hydrogens is 484 g/mol. The van der Waals surface area contributed by atoms with E-state index in [2.05, 4.69) is 4.99 Å². The molecule has 0 aliphatic carbocycles. The molecule has 36 heavy (non-hydrogen) atoms. The molecule has 2 aliphatic rings. The van der Waals surface area contributed by atoms with Gasteiger partial charge in [0.05, 0.1) is 28.5 Å². The standard InChI is InChI=1S/C26H22N2O7S/c1-4-32-25(31)22-14(2)27-26-28(23(22)17-6-8-18(9-7-17)35-15(3)29)24(30)21(36-26)12-16-5-10-19-20(11-16)34-13-33-19/h5-12,23H,4,13H2,1-3H3/t23-/m0/s1. The van der Waals surface area contributed by atoms with Crippen LogP contribution < -0.4 is 29.1 Å². The highest BCUT2D eigenvalue weighted by Crippen LogP contribution is 2.33. The molecule has 0 N–H and O–H groups in total. The molecule has 1 atom stereocenters. The molecule has 9 nitrogen and oxygen atoms in total. The summed E-state index contributed by atoms with van der Waals surface area (Å²) in [6.45, 7) is 5.10. The van der Waals surface area contributed by atoms with Crippen molar-refractivity contribution in [3.63, 3.8) is 0 Å². The van der Waals surface area contributed by atoms with Crippen LogP contribution in [0.4, 0.5) is 0 Å². The Bertz CT molecular complexity index is 1580. The first kappa shape index (κ1) is 23.6. The molecule has 0 bridgehead atoms. The summed E-state index contributed by atoms with van der Waals surface area (Å²) in [4.78, 5) is 43.0. The van der Waals surface area contributed by atoms with Gasteiger partial charge in [-0.15, -0.1) is 0 Å². The fourth-order valence-corrected chi connectivity index (χ4v) is 5.19. The van der Waals surface area contributed by atoms with E-state index in [9.17, 15) is 14.4 Å². The zero-order valence-corrected chi connectivity index (χ0v) is 20.6. The minimum atomic E-state index is -0.759. The second-order valence-corrected chi connectivity index (χ2v) is 9.09. The van der Waals surface area contributed by atoms with Crippen LogP contribution in [0, 0.1) is 0 Å². The average Bonchev–Trinajstić information content (AvgIpc) is 3.42. The fraction of sp³-hybridized carbons (Fsp3) is 0.231. The van der Waals surface area contributed by atoms with Crippen molar-refractivity contribution in [1.82, 2.24) is 4.57 Å². The minimum absolute atomic E-state index is 0.160. The number of benzene rings is 2. The van der Waals surface area contributed by atoms with Gasteiger partial charge in [0.1, 0.15) is 5.75 Å². The van der Waals surface area contributed by atoms with Crippen molar-refractivity contribution in [2.45, 2.75) is 26.8 Å². The summed E-state index contributed by atoms with van der Waals surface area (Å²) in [7, 11) is 0. The third-order valence-corrected chi connectivity index (χ3v) is 6.65. The maximum Gasteiger partial charge on any atom is 0.338 e. The van der Waals surface area contributed by atoms with E-state index >= 15 is 0 Å². The largest absolute Gasteiger partial charge is 0.463 e. The molecule has 0 fully saturated rings. The Hall–Kier alpha value is -4.18. The Balaban J connectivity index is 1.65. The normalized spacial score (nSPS) is 16.4. The van der Waals surface area contributed by atoms with E-state index in [-0.39, 0.29) is 24.5 Å². The molecule has 0 saturated carbocycles. The molecule has 0 amide bonds. The second-order valence-electron chi connectivity index (χ2n) is 8.08. The van der Waals surface area contributed by atoms with E-state index in [4.69, 9.17) is 18.9 Å². The summed E-state index contributed by atoms with van der Waals surface area (Å²) in [5.74, 6) is 0.642. The van der Waals surface area contributed by atoms with Crippen LogP contribution in [0.1, 0.15) is 37.9 Å². The van der Waals surface area contributed by atoms with Crippen LogP contribution in [0.15, 0.2) is 63.5 Å². The predicted octanol–water partition coefficient (Wildman–Crippen LogP) is 2.45. The minimum Gasteiger partial charge on any atom is -0.463 e. The van der Waals surface area contributed by atoms with Gasteiger partial charge in [0.15, 0.2) is 16.3 Å². The van der Waals surface area contributed by atoms with Crippen LogP contribution in [0.3, 0.4) is 0 Å². The third kappa shape index (κ3) is 4.31. The Morgan fingerprint density at radius 2 is 1.92 bits per heavy atom. The van der Waals surface area contributed by atoms with Crippen molar-refractivity contribution in [3.05, 3.63) is 84.5 Å². The highest BCUT2D eigenvalue weighted by Gasteiger charge is 2.33. The molecule has 3 aromatic rings. The molecule has 0 spiro atoms. The lowest BCUT2D eigenvalue weighted by Crippen LogP contribution is -2.39. The van der Waals surface area contributed by atoms with Crippen molar-refractivity contribution in [2.75, 3.05) is 13.4 Å². The van der Waals surface area contributed by atoms with E-state index in [0.29, 0.717) is 37.8 Å². The summed E-state index contributed by atoms with van der Waals surface area (Å²) in [6, 6.07) is 11.4. The summed E-state index contributed by atoms with van der Waals surface area (Å²) in [5.41, 5.74) is 1.88. The van der Waals surface area contributed by atoms with Crippen LogP contribution in [0.25, 0.3) is 6.08 Å². The lowest BCUT2D eigenvalue weighted by Gasteiger charge is -2.24. The number of fused-ring (bicyclic) bond motifs is 2. The number of allylic oxidation sites excluding steroid dienone is 1. The molecule has 3 heterocycles. The van der Waals surface area contributed by atoms with E-state index in [0.717, 1.165) is 5.56 Å². The van der Waals surface area contributed by atoms with E-state index in [1.165, 1.54) is 22.8 Å². The van der Waals surface area contributed by atoms with Crippen molar-refractivity contribution >= 4 is 29.4 Å². The number of hydrogen-bond donors (Lipinski definition) is 0. The number of carbonyl (C=O) groups is 2. The monoisotopic (exact) mass is 506 g/mol. The first-order chi connectivity index (χ1) is 17.4. The molecule has 0 radical (unpaired) electrons. The first-order valence-corrected chi connectivity index (χ1v) is 12.0. The summed E-state index contributed by atoms with van der Waals surface area (Å²) in [5, 5.41) is 0. The summed E-state index contributed by atoms with van der Waals surface area (Å²) in [6.07, 6.45) is 1.76. The van der Waals surface area contributed by atoms with Gasteiger partial charge in [0.2, 0.25) is 6.79 Å². The predicted molar refractivity (Wildman–Crippen MR) is 131 cm³/mol. The highest BCUT2D eigenvalue weighted by atomic mass is 32.1. The van der Waals surface area contributed by atoms with Gasteiger partial charge in [-0.05, 0) is 55.3 Å². The Morgan fingerprint density at radius 1 is 1.17 bits per heavy atom. The van der Waals surface area contributed by atoms with E-state index in [1.807, 2.05) is 6.07 Å². The van der Waals surface area contributed by atoms with E-state index < -0.39 is 18.0 Å². The number of thiazole rings is 1. The number of rotatable bonds is 5. The van der Waals surface area contributed by atoms with Crippen LogP contribution in [0.2, 0.25) is 0 Å². The van der Waals surface area contributed by atoms with Crippen LogP contribution in [0.5, 0.6) is 17.2 Å². The van der Waals surface area contributed by atoms with Gasteiger partial charge in [-0.3, -0.25) is 14.2 Å². The van der Waals surface area contributed by atoms with Gasteiger partial charge < -0.3 is 18.9 Å². The van der Waals surface area contributed by atoms with Gasteiger partial charge in [-0.2, -0.15) is 0 Å². The zero-order chi connectivity index (χ0) is 25.4. The smallest absolute Gasteiger partial charge is 0.338 e. The fourth-order valence-electron chi connectivity index (χ4n) is 4.15. The van der Waals surface area contributed by atoms with Crippen LogP contribution in [-0.2, 0) is 14.3 Å². The van der Waals surface area contributed by atoms with Crippen LogP contribution >= 0.6 is 11.3 Å². The number of aromatic nitrogens is 1. The lowest BCUT2D eigenvalue weighted by molar-refractivity contribution is -0.139. The molecule has 0 unspecified atom stereocenters. The second kappa shape index (κ2) is 9.46. The molecule has 2 aromatic carbocycles. The zero-order valence-electron chi connectivity index (χ0n) is 19.8. The lowest BCUT2D eigenvalue weighted by atomic mass is 9.96. The van der Waals surface area contributed by atoms with Gasteiger partial charge in [-0.1, -0.05) is 29.5 Å². The average molecular weight is 507 g/mol. The SMILES string of the molecule is CCOC(=O)C1=C(C)N=c2sc(=Cc3ccc4c(c3)OCO4)c(=O)n2[C@H]1c1ccc(OC(C)=O)cc1. The number of esters is 2. The van der Waals surface area contributed by atoms with E-state index in [1.54, 1.807) is 56.3 Å². The topological polar surface area (TPSA) is 105 Å². The van der Waals surface area contributed by atoms with Crippen molar-refractivity contribution in [2.24, 2.45) is 4.99 Å². The van der Waals surface area contributed by atoms with Crippen molar-refractivity contribution in [3.8, 4) is 17.2 Å². The number of carbonyl (C=O) groups excluding carboxylic acids is 2. The van der Waals surface area contributed by atoms with Gasteiger partial charge in [-0.25, -0.2) is 9.79 Å². The summed E-state index contributed by atoms with van der Waals surface area (Å²) >= 11 is 1.23. The maximum atomic E-state index is 13.7. The maximum absolute atomic E-state index is 13.7. The molecule has 184 valence electrons. The Kier molecular flexibility index (Phi) is 6.19. The molecule has 1 aromatic heterocycles. The number of ether oxygens (including phenoxy) is 4. The Labute approximate surface area is 209 Å². The first-order valence-electron chi connectivity index (χ1n) is 11.2. The van der Waals surface area contributed by atoms with Gasteiger partial charge >= 0.3 is 11.9 Å². The molecule has 2 aliphatic heterocycles. The van der Waals surface area contributed by atoms with Crippen molar-refractivity contribution < 1.29 is 28.5 Å².